The average molecular weight is 245 g/mol. The quantitative estimate of drug-likeness (QED) is 0.830. The molecule has 1 atom stereocenters. The zero-order chi connectivity index (χ0) is 13.1. The Morgan fingerprint density at radius 1 is 1.33 bits per heavy atom. The Balaban J connectivity index is 2.32. The number of carbonyl (C=O) groups is 2. The van der Waals surface area contributed by atoms with Gasteiger partial charge in [-0.3, -0.25) is 4.79 Å². The molecule has 18 heavy (non-hydrogen) atoms. The van der Waals surface area contributed by atoms with Gasteiger partial charge in [-0.25, -0.2) is 4.79 Å². The molecule has 1 N–H and O–H groups in total. The van der Waals surface area contributed by atoms with Gasteiger partial charge in [-0.2, -0.15) is 0 Å². The van der Waals surface area contributed by atoms with Gasteiger partial charge in [0.2, 0.25) is 0 Å². The highest BCUT2D eigenvalue weighted by atomic mass is 16.4. The van der Waals surface area contributed by atoms with E-state index in [4.69, 9.17) is 5.11 Å². The normalized spacial score (nSPS) is 18.1. The minimum absolute atomic E-state index is 0.0595. The van der Waals surface area contributed by atoms with Gasteiger partial charge in [-0.1, -0.05) is 31.2 Å². The lowest BCUT2D eigenvalue weighted by atomic mass is 10.1. The van der Waals surface area contributed by atoms with E-state index in [1.165, 1.54) is 6.07 Å². The Morgan fingerprint density at radius 2 is 2.00 bits per heavy atom. The maximum atomic E-state index is 12.4. The van der Waals surface area contributed by atoms with Crippen molar-refractivity contribution in [1.29, 1.82) is 0 Å². The molecule has 94 valence electrons. The summed E-state index contributed by atoms with van der Waals surface area (Å²) in [6.45, 7) is 2.55. The smallest absolute Gasteiger partial charge is 0.336 e. The van der Waals surface area contributed by atoms with Crippen LogP contribution in [0.2, 0.25) is 0 Å². The van der Waals surface area contributed by atoms with Crippen LogP contribution in [-0.4, -0.2) is 34.5 Å². The molecule has 1 aliphatic rings. The van der Waals surface area contributed by atoms with Crippen molar-refractivity contribution in [1.82, 2.24) is 4.90 Å². The molecule has 1 amide bonds. The fourth-order valence-electron chi connectivity index (χ4n) is 2.17. The van der Waals surface area contributed by atoms with Gasteiger partial charge in [-0.15, -0.1) is 0 Å². The van der Waals surface area contributed by atoms with Crippen molar-refractivity contribution in [3.8, 4) is 0 Å². The topological polar surface area (TPSA) is 57.6 Å². The zero-order valence-electron chi connectivity index (χ0n) is 10.2. The van der Waals surface area contributed by atoms with E-state index in [1.807, 2.05) is 19.1 Å². The molecule has 0 saturated heterocycles. The lowest BCUT2D eigenvalue weighted by molar-refractivity contribution is 0.0673. The van der Waals surface area contributed by atoms with Crippen LogP contribution in [0.3, 0.4) is 0 Å². The van der Waals surface area contributed by atoms with Crippen molar-refractivity contribution in [2.45, 2.75) is 19.4 Å². The average Bonchev–Trinajstić information content (AvgIpc) is 2.86. The van der Waals surface area contributed by atoms with E-state index in [0.29, 0.717) is 6.54 Å². The van der Waals surface area contributed by atoms with Crippen molar-refractivity contribution < 1.29 is 14.7 Å². The third-order valence-corrected chi connectivity index (χ3v) is 3.13. The predicted molar refractivity (Wildman–Crippen MR) is 67.7 cm³/mol. The number of carboxylic acid groups (broad SMARTS) is 1. The molecule has 0 bridgehead atoms. The van der Waals surface area contributed by atoms with Gasteiger partial charge in [-0.05, 0) is 18.6 Å². The van der Waals surface area contributed by atoms with Crippen molar-refractivity contribution in [2.24, 2.45) is 0 Å². The maximum absolute atomic E-state index is 12.4. The lowest BCUT2D eigenvalue weighted by Crippen LogP contribution is -2.36. The summed E-state index contributed by atoms with van der Waals surface area (Å²) in [5.41, 5.74) is 0.316. The molecule has 0 fully saturated rings. The summed E-state index contributed by atoms with van der Waals surface area (Å²) < 4.78 is 0. The number of hydrogen-bond donors (Lipinski definition) is 1. The van der Waals surface area contributed by atoms with E-state index in [-0.39, 0.29) is 23.1 Å². The van der Waals surface area contributed by atoms with Gasteiger partial charge in [0.05, 0.1) is 17.2 Å². The third-order valence-electron chi connectivity index (χ3n) is 3.13. The van der Waals surface area contributed by atoms with E-state index in [9.17, 15) is 9.59 Å². The summed E-state index contributed by atoms with van der Waals surface area (Å²) in [7, 11) is 0. The van der Waals surface area contributed by atoms with Crippen molar-refractivity contribution >= 4 is 11.9 Å². The molecular weight excluding hydrogens is 230 g/mol. The number of rotatable bonds is 3. The fourth-order valence-corrected chi connectivity index (χ4v) is 2.17. The van der Waals surface area contributed by atoms with Gasteiger partial charge in [0.1, 0.15) is 0 Å². The van der Waals surface area contributed by atoms with Gasteiger partial charge < -0.3 is 10.0 Å². The predicted octanol–water partition coefficient (Wildman–Crippen LogP) is 2.18. The molecule has 0 aromatic heterocycles. The highest BCUT2D eigenvalue weighted by Gasteiger charge is 2.26. The number of aromatic carboxylic acids is 1. The van der Waals surface area contributed by atoms with Crippen LogP contribution in [0, 0.1) is 0 Å². The van der Waals surface area contributed by atoms with Gasteiger partial charge in [0.15, 0.2) is 0 Å². The molecule has 1 aromatic rings. The molecule has 1 unspecified atom stereocenters. The molecule has 1 aromatic carbocycles. The molecule has 0 saturated carbocycles. The van der Waals surface area contributed by atoms with Crippen LogP contribution in [0.25, 0.3) is 0 Å². The van der Waals surface area contributed by atoms with Crippen LogP contribution in [0.15, 0.2) is 36.4 Å². The van der Waals surface area contributed by atoms with Crippen LogP contribution in [-0.2, 0) is 0 Å². The first-order chi connectivity index (χ1) is 8.65. The van der Waals surface area contributed by atoms with E-state index >= 15 is 0 Å². The number of benzene rings is 1. The SMILES string of the molecule is CCC1C=CCN1C(=O)c1ccccc1C(=O)O. The largest absolute Gasteiger partial charge is 0.478 e. The molecule has 0 spiro atoms. The summed E-state index contributed by atoms with van der Waals surface area (Å²) in [6, 6.07) is 6.40. The van der Waals surface area contributed by atoms with Crippen molar-refractivity contribution in [2.75, 3.05) is 6.54 Å². The Hall–Kier alpha value is -2.10. The van der Waals surface area contributed by atoms with Gasteiger partial charge in [0, 0.05) is 6.54 Å². The molecule has 4 heteroatoms. The third kappa shape index (κ3) is 2.14. The maximum Gasteiger partial charge on any atom is 0.336 e. The van der Waals surface area contributed by atoms with Crippen LogP contribution in [0.4, 0.5) is 0 Å². The summed E-state index contributed by atoms with van der Waals surface area (Å²) in [4.78, 5) is 25.2. The number of carboxylic acids is 1. The number of nitrogens with zero attached hydrogens (tertiary/aromatic N) is 1. The minimum Gasteiger partial charge on any atom is -0.478 e. The molecule has 0 aliphatic carbocycles. The summed E-state index contributed by atoms with van der Waals surface area (Å²) in [5.74, 6) is -1.29. The van der Waals surface area contributed by atoms with Crippen LogP contribution in [0.1, 0.15) is 34.1 Å². The second-order valence-corrected chi connectivity index (χ2v) is 4.21. The van der Waals surface area contributed by atoms with E-state index < -0.39 is 5.97 Å². The number of carbonyl (C=O) groups excluding carboxylic acids is 1. The second-order valence-electron chi connectivity index (χ2n) is 4.21. The monoisotopic (exact) mass is 245 g/mol. The van der Waals surface area contributed by atoms with Crippen molar-refractivity contribution in [3.05, 3.63) is 47.5 Å². The first kappa shape index (κ1) is 12.4. The summed E-state index contributed by atoms with van der Waals surface area (Å²) in [5, 5.41) is 9.09. The highest BCUT2D eigenvalue weighted by Crippen LogP contribution is 2.19. The Morgan fingerprint density at radius 3 is 2.61 bits per heavy atom. The van der Waals surface area contributed by atoms with Crippen molar-refractivity contribution in [3.63, 3.8) is 0 Å². The molecule has 0 radical (unpaired) electrons. The Kier molecular flexibility index (Phi) is 3.46. The lowest BCUT2D eigenvalue weighted by Gasteiger charge is -2.24. The van der Waals surface area contributed by atoms with Crippen LogP contribution < -0.4 is 0 Å². The summed E-state index contributed by atoms with van der Waals surface area (Å²) >= 11 is 0. The van der Waals surface area contributed by atoms with E-state index in [2.05, 4.69) is 0 Å². The Labute approximate surface area is 106 Å². The first-order valence-corrected chi connectivity index (χ1v) is 5.95. The summed E-state index contributed by atoms with van der Waals surface area (Å²) in [6.07, 6.45) is 4.76. The second kappa shape index (κ2) is 5.04. The molecule has 2 rings (SSSR count). The first-order valence-electron chi connectivity index (χ1n) is 5.95. The van der Waals surface area contributed by atoms with Crippen LogP contribution in [0.5, 0.6) is 0 Å². The molecule has 1 aliphatic heterocycles. The van der Waals surface area contributed by atoms with Crippen LogP contribution >= 0.6 is 0 Å². The molecular formula is C14H15NO3. The highest BCUT2D eigenvalue weighted by molar-refractivity contribution is 6.05. The van der Waals surface area contributed by atoms with Gasteiger partial charge >= 0.3 is 5.97 Å². The molecule has 4 nitrogen and oxygen atoms in total. The van der Waals surface area contributed by atoms with E-state index in [1.54, 1.807) is 23.1 Å². The fraction of sp³-hybridized carbons (Fsp3) is 0.286. The minimum atomic E-state index is -1.07. The van der Waals surface area contributed by atoms with Gasteiger partial charge in [0.25, 0.3) is 5.91 Å². The molecule has 1 heterocycles. The number of amides is 1. The number of hydrogen-bond acceptors (Lipinski definition) is 2. The zero-order valence-corrected chi connectivity index (χ0v) is 10.2. The van der Waals surface area contributed by atoms with E-state index in [0.717, 1.165) is 6.42 Å². The Bertz CT molecular complexity index is 508. The standard InChI is InChI=1S/C14H15NO3/c1-2-10-6-5-9-15(10)13(16)11-7-3-4-8-12(11)14(17)18/h3-8,10H,2,9H2,1H3,(H,17,18).